The first kappa shape index (κ1) is 44.5. The quantitative estimate of drug-likeness (QED) is 0.559. The standard InChI is InChI=1S/2Gd.2O.S/q2*+3;3*-2. The zero-order chi connectivity index (χ0) is 0. The topological polar surface area (TPSA) is 57.0 Å². The van der Waals surface area contributed by atoms with Gasteiger partial charge in [0.25, 0.3) is 0 Å². The van der Waals surface area contributed by atoms with Gasteiger partial charge in [0.05, 0.1) is 0 Å². The summed E-state index contributed by atoms with van der Waals surface area (Å²) >= 11 is 0. The first-order valence-corrected chi connectivity index (χ1v) is 0. The van der Waals surface area contributed by atoms with E-state index in [1.165, 1.54) is 0 Å². The summed E-state index contributed by atoms with van der Waals surface area (Å²) in [7, 11) is 0. The fourth-order valence-electron chi connectivity index (χ4n) is 0. The van der Waals surface area contributed by atoms with Gasteiger partial charge in [-0.25, -0.2) is 0 Å². The van der Waals surface area contributed by atoms with E-state index < -0.39 is 0 Å². The van der Waals surface area contributed by atoms with Crippen molar-refractivity contribution < 1.29 is 90.8 Å². The van der Waals surface area contributed by atoms with E-state index in [1.54, 1.807) is 0 Å². The molecule has 5 heavy (non-hydrogen) atoms. The third-order valence-corrected chi connectivity index (χ3v) is 0. The van der Waals surface area contributed by atoms with Gasteiger partial charge in [-0.2, -0.15) is 0 Å². The second kappa shape index (κ2) is 28.4. The van der Waals surface area contributed by atoms with E-state index >= 15 is 0 Å². The van der Waals surface area contributed by atoms with Crippen LogP contribution < -0.4 is 0 Å². The molecule has 0 aromatic carbocycles. The second-order valence-electron chi connectivity index (χ2n) is 0. The van der Waals surface area contributed by atoms with Crippen molar-refractivity contribution in [2.45, 2.75) is 0 Å². The van der Waals surface area contributed by atoms with Gasteiger partial charge < -0.3 is 24.4 Å². The van der Waals surface area contributed by atoms with Crippen LogP contribution in [0.5, 0.6) is 0 Å². The molecule has 0 aliphatic heterocycles. The molecule has 0 bridgehead atoms. The van der Waals surface area contributed by atoms with Crippen molar-refractivity contribution in [3.8, 4) is 0 Å². The van der Waals surface area contributed by atoms with E-state index in [1.807, 2.05) is 0 Å². The average molecular weight is 379 g/mol. The van der Waals surface area contributed by atoms with Gasteiger partial charge in [-0.15, -0.1) is 0 Å². The molecule has 0 saturated carbocycles. The number of rotatable bonds is 0. The van der Waals surface area contributed by atoms with Crippen LogP contribution in [0.15, 0.2) is 0 Å². The third-order valence-electron chi connectivity index (χ3n) is 0. The molecule has 0 aliphatic carbocycles. The fourth-order valence-corrected chi connectivity index (χ4v) is 0. The molecular weight excluding hydrogens is 379 g/mol. The van der Waals surface area contributed by atoms with Crippen molar-refractivity contribution >= 4 is 13.5 Å². The monoisotopic (exact) mass is 380 g/mol. The average Bonchev–Trinajstić information content (AvgIpc) is 0. The van der Waals surface area contributed by atoms with Gasteiger partial charge in [-0.05, 0) is 0 Å². The Bertz CT molecular complexity index is 7.61. The van der Waals surface area contributed by atoms with E-state index in [2.05, 4.69) is 0 Å². The molecule has 2 nitrogen and oxygen atoms in total. The summed E-state index contributed by atoms with van der Waals surface area (Å²) in [5, 5.41) is 0. The summed E-state index contributed by atoms with van der Waals surface area (Å²) in [6, 6.07) is 0. The molecule has 0 unspecified atom stereocenters. The SMILES string of the molecule is [Gd+3].[Gd+3].[O-2].[O-2].[S-2]. The first-order chi connectivity index (χ1) is 0. The molecule has 0 spiro atoms. The maximum absolute atomic E-state index is 0. The minimum Gasteiger partial charge on any atom is -2.00 e. The zero-order valence-corrected chi connectivity index (χ0v) is 7.29. The van der Waals surface area contributed by atoms with Crippen molar-refractivity contribution in [3.05, 3.63) is 0 Å². The Morgan fingerprint density at radius 2 is 0.600 bits per heavy atom. The van der Waals surface area contributed by atoms with E-state index in [4.69, 9.17) is 0 Å². The number of hydrogen-bond acceptors (Lipinski definition) is 0. The summed E-state index contributed by atoms with van der Waals surface area (Å²) in [4.78, 5) is 0. The first-order valence-electron chi connectivity index (χ1n) is 0. The molecule has 0 rings (SSSR count). The van der Waals surface area contributed by atoms with E-state index in [0.717, 1.165) is 0 Å². The van der Waals surface area contributed by atoms with Crippen molar-refractivity contribution in [1.29, 1.82) is 0 Å². The van der Waals surface area contributed by atoms with E-state index in [-0.39, 0.29) is 104 Å². The molecule has 0 aromatic heterocycles. The van der Waals surface area contributed by atoms with Crippen LogP contribution in [0.2, 0.25) is 0 Å². The predicted octanol–water partition coefficient (Wildman–Crippen LogP) is -0.240. The predicted molar refractivity (Wildman–Crippen MR) is 8.74 cm³/mol. The van der Waals surface area contributed by atoms with Crippen LogP contribution >= 0.6 is 0 Å². The van der Waals surface area contributed by atoms with Crippen LogP contribution in [-0.2, 0) is 24.4 Å². The van der Waals surface area contributed by atoms with Crippen LogP contribution in [0, 0.1) is 79.9 Å². The molecule has 0 aliphatic rings. The summed E-state index contributed by atoms with van der Waals surface area (Å²) in [5.74, 6) is 0. The summed E-state index contributed by atoms with van der Waals surface area (Å²) in [5.41, 5.74) is 0. The van der Waals surface area contributed by atoms with Gasteiger partial charge in [0.15, 0.2) is 0 Å². The maximum atomic E-state index is 0. The zero-order valence-electron chi connectivity index (χ0n) is 1.93. The van der Waals surface area contributed by atoms with Crippen LogP contribution in [0.1, 0.15) is 0 Å². The van der Waals surface area contributed by atoms with Gasteiger partial charge in [-0.3, -0.25) is 0 Å². The van der Waals surface area contributed by atoms with Crippen LogP contribution in [0.3, 0.4) is 0 Å². The summed E-state index contributed by atoms with van der Waals surface area (Å²) < 4.78 is 0. The van der Waals surface area contributed by atoms with Crippen molar-refractivity contribution in [2.24, 2.45) is 0 Å². The Kier molecular flexibility index (Phi) is 253. The van der Waals surface area contributed by atoms with Gasteiger partial charge in [0, 0.05) is 0 Å². The van der Waals surface area contributed by atoms with Gasteiger partial charge >= 0.3 is 79.9 Å². The second-order valence-corrected chi connectivity index (χ2v) is 0. The molecule has 0 N–H and O–H groups in total. The van der Waals surface area contributed by atoms with Crippen LogP contribution in [-0.4, -0.2) is 0 Å². The van der Waals surface area contributed by atoms with Crippen LogP contribution in [0.4, 0.5) is 0 Å². The van der Waals surface area contributed by atoms with Crippen LogP contribution in [0.25, 0.3) is 0 Å². The van der Waals surface area contributed by atoms with Crippen molar-refractivity contribution in [2.75, 3.05) is 0 Å². The molecule has 5 heteroatoms. The largest absolute Gasteiger partial charge is 3.00 e. The van der Waals surface area contributed by atoms with Gasteiger partial charge in [0.2, 0.25) is 0 Å². The molecule has 2 radical (unpaired) electrons. The molecule has 0 heterocycles. The molecule has 34 valence electrons. The summed E-state index contributed by atoms with van der Waals surface area (Å²) in [6.45, 7) is 0. The molecule has 0 atom stereocenters. The Morgan fingerprint density at radius 3 is 0.600 bits per heavy atom. The minimum absolute atomic E-state index is 0. The Morgan fingerprint density at radius 1 is 0.600 bits per heavy atom. The van der Waals surface area contributed by atoms with E-state index in [0.29, 0.717) is 0 Å². The van der Waals surface area contributed by atoms with Gasteiger partial charge in [-0.1, -0.05) is 0 Å². The Balaban J connectivity index is 0. The normalized spacial score (nSPS) is 0. The Labute approximate surface area is 102 Å². The molecule has 0 amide bonds. The van der Waals surface area contributed by atoms with Crippen molar-refractivity contribution in [3.63, 3.8) is 0 Å². The maximum Gasteiger partial charge on any atom is 3.00 e. The molecule has 0 aromatic rings. The van der Waals surface area contributed by atoms with E-state index in [9.17, 15) is 0 Å². The smallest absolute Gasteiger partial charge is 2.00 e. The number of hydrogen-bond donors (Lipinski definition) is 0. The Hall–Kier alpha value is 2.92. The molecule has 0 saturated heterocycles. The van der Waals surface area contributed by atoms with Gasteiger partial charge in [0.1, 0.15) is 0 Å². The molecular formula is Gd2O2S. The molecule has 0 fully saturated rings. The van der Waals surface area contributed by atoms with Crippen molar-refractivity contribution in [1.82, 2.24) is 0 Å². The third kappa shape index (κ3) is 19.6. The minimum atomic E-state index is 0. The fraction of sp³-hybridized carbons (Fsp3) is 0. The summed E-state index contributed by atoms with van der Waals surface area (Å²) in [6.07, 6.45) is 0.